The number of aliphatic hydroxyl groups excluding tert-OH is 1. The van der Waals surface area contributed by atoms with Crippen molar-refractivity contribution in [3.63, 3.8) is 0 Å². The minimum atomic E-state index is -3.03. The molecule has 0 spiro atoms. The van der Waals surface area contributed by atoms with Gasteiger partial charge in [-0.1, -0.05) is 23.7 Å². The number of nitrogens with zero attached hydrogens (tertiary/aromatic N) is 1. The molecule has 29 heavy (non-hydrogen) atoms. The lowest BCUT2D eigenvalue weighted by Crippen LogP contribution is -2.42. The molecule has 1 heterocycles. The van der Waals surface area contributed by atoms with Gasteiger partial charge in [0.2, 0.25) is 0 Å². The van der Waals surface area contributed by atoms with Crippen LogP contribution in [0.3, 0.4) is 0 Å². The van der Waals surface area contributed by atoms with Gasteiger partial charge in [-0.3, -0.25) is 4.90 Å². The summed E-state index contributed by atoms with van der Waals surface area (Å²) in [7, 11) is -1.42. The fourth-order valence-corrected chi connectivity index (χ4v) is 5.35. The zero-order valence-electron chi connectivity index (χ0n) is 16.3. The Bertz CT molecular complexity index is 904. The maximum atomic E-state index is 12.0. The molecule has 0 saturated carbocycles. The number of benzene rings is 2. The molecular formula is C21H26ClNO5S. The van der Waals surface area contributed by atoms with Crippen LogP contribution in [0.15, 0.2) is 48.5 Å². The molecule has 0 aliphatic carbocycles. The van der Waals surface area contributed by atoms with Crippen molar-refractivity contribution < 1.29 is 23.0 Å². The van der Waals surface area contributed by atoms with Gasteiger partial charge in [0.1, 0.15) is 24.2 Å². The highest BCUT2D eigenvalue weighted by Gasteiger charge is 2.33. The summed E-state index contributed by atoms with van der Waals surface area (Å²) in [5.74, 6) is 1.66. The highest BCUT2D eigenvalue weighted by Crippen LogP contribution is 2.22. The Balaban J connectivity index is 1.66. The smallest absolute Gasteiger partial charge is 0.151 e. The summed E-state index contributed by atoms with van der Waals surface area (Å²) < 4.78 is 34.9. The Morgan fingerprint density at radius 2 is 1.97 bits per heavy atom. The lowest BCUT2D eigenvalue weighted by Gasteiger charge is -2.30. The van der Waals surface area contributed by atoms with E-state index in [0.717, 1.165) is 11.3 Å². The number of rotatable bonds is 9. The minimum absolute atomic E-state index is 0.107. The van der Waals surface area contributed by atoms with Crippen LogP contribution < -0.4 is 9.47 Å². The predicted octanol–water partition coefficient (Wildman–Crippen LogP) is 2.78. The van der Waals surface area contributed by atoms with E-state index in [9.17, 15) is 13.5 Å². The van der Waals surface area contributed by atoms with Crippen LogP contribution in [0.4, 0.5) is 0 Å². The van der Waals surface area contributed by atoms with Crippen LogP contribution in [0.25, 0.3) is 0 Å². The average molecular weight is 440 g/mol. The van der Waals surface area contributed by atoms with Crippen molar-refractivity contribution in [1.29, 1.82) is 0 Å². The Kier molecular flexibility index (Phi) is 7.40. The minimum Gasteiger partial charge on any atom is -0.497 e. The third-order valence-corrected chi connectivity index (χ3v) is 6.95. The highest BCUT2D eigenvalue weighted by molar-refractivity contribution is 7.91. The molecule has 2 aromatic carbocycles. The SMILES string of the molecule is COc1cccc(CN(C[C@@H](O)COc2ccc(Cl)cc2)[C@@H]2CCS(=O)(=O)C2)c1. The molecule has 1 aliphatic heterocycles. The van der Waals surface area contributed by atoms with Gasteiger partial charge in [0.15, 0.2) is 9.84 Å². The van der Waals surface area contributed by atoms with E-state index in [1.807, 2.05) is 29.2 Å². The molecule has 2 atom stereocenters. The third kappa shape index (κ3) is 6.60. The summed E-state index contributed by atoms with van der Waals surface area (Å²) >= 11 is 5.87. The van der Waals surface area contributed by atoms with Crippen LogP contribution in [-0.2, 0) is 16.4 Å². The zero-order chi connectivity index (χ0) is 20.9. The first kappa shape index (κ1) is 21.9. The second-order valence-corrected chi connectivity index (χ2v) is 9.92. The van der Waals surface area contributed by atoms with E-state index in [0.29, 0.717) is 30.3 Å². The van der Waals surface area contributed by atoms with Gasteiger partial charge in [-0.05, 0) is 48.4 Å². The maximum Gasteiger partial charge on any atom is 0.151 e. The molecule has 3 rings (SSSR count). The number of aliphatic hydroxyl groups is 1. The van der Waals surface area contributed by atoms with Gasteiger partial charge in [0.05, 0.1) is 18.6 Å². The van der Waals surface area contributed by atoms with Gasteiger partial charge in [0, 0.05) is 24.2 Å². The lowest BCUT2D eigenvalue weighted by molar-refractivity contribution is 0.0524. The second-order valence-electron chi connectivity index (χ2n) is 7.26. The van der Waals surface area contributed by atoms with E-state index >= 15 is 0 Å². The van der Waals surface area contributed by atoms with Gasteiger partial charge in [-0.2, -0.15) is 0 Å². The summed E-state index contributed by atoms with van der Waals surface area (Å²) in [5, 5.41) is 11.2. The van der Waals surface area contributed by atoms with E-state index in [4.69, 9.17) is 21.1 Å². The summed E-state index contributed by atoms with van der Waals surface area (Å²) in [5.41, 5.74) is 1.000. The third-order valence-electron chi connectivity index (χ3n) is 4.95. The standard InChI is InChI=1S/C21H26ClNO5S/c1-27-21-4-2-3-16(11-21)12-23(18-9-10-29(25,26)15-18)13-19(24)14-28-20-7-5-17(22)6-8-20/h2-8,11,18-19,24H,9-10,12-15H2,1H3/t18-,19-/m1/s1. The topological polar surface area (TPSA) is 76.1 Å². The van der Waals surface area contributed by atoms with Crippen LogP contribution in [0.2, 0.25) is 5.02 Å². The predicted molar refractivity (Wildman–Crippen MR) is 113 cm³/mol. The van der Waals surface area contributed by atoms with Crippen molar-refractivity contribution in [3.05, 3.63) is 59.1 Å². The monoisotopic (exact) mass is 439 g/mol. The van der Waals surface area contributed by atoms with Crippen molar-refractivity contribution >= 4 is 21.4 Å². The van der Waals surface area contributed by atoms with Crippen molar-refractivity contribution in [3.8, 4) is 11.5 Å². The van der Waals surface area contributed by atoms with Gasteiger partial charge >= 0.3 is 0 Å². The molecule has 2 aromatic rings. The molecule has 1 N–H and O–H groups in total. The quantitative estimate of drug-likeness (QED) is 0.647. The number of methoxy groups -OCH3 is 1. The molecule has 8 heteroatoms. The number of halogens is 1. The van der Waals surface area contributed by atoms with Crippen LogP contribution in [-0.4, -0.2) is 62.3 Å². The van der Waals surface area contributed by atoms with Crippen LogP contribution in [0.1, 0.15) is 12.0 Å². The van der Waals surface area contributed by atoms with E-state index in [-0.39, 0.29) is 24.2 Å². The molecule has 0 amide bonds. The summed E-state index contributed by atoms with van der Waals surface area (Å²) in [6.45, 7) is 0.941. The maximum absolute atomic E-state index is 12.0. The van der Waals surface area contributed by atoms with Crippen molar-refractivity contribution in [2.75, 3.05) is 31.8 Å². The second kappa shape index (κ2) is 9.80. The van der Waals surface area contributed by atoms with E-state index in [1.54, 1.807) is 31.4 Å². The van der Waals surface area contributed by atoms with Gasteiger partial charge in [0.25, 0.3) is 0 Å². The molecule has 1 saturated heterocycles. The molecule has 6 nitrogen and oxygen atoms in total. The first-order valence-corrected chi connectivity index (χ1v) is 11.7. The Morgan fingerprint density at radius 1 is 1.21 bits per heavy atom. The molecule has 1 aliphatic rings. The summed E-state index contributed by atoms with van der Waals surface area (Å²) in [4.78, 5) is 2.02. The fraction of sp³-hybridized carbons (Fsp3) is 0.429. The van der Waals surface area contributed by atoms with Gasteiger partial charge in [-0.25, -0.2) is 8.42 Å². The van der Waals surface area contributed by atoms with Crippen molar-refractivity contribution in [2.24, 2.45) is 0 Å². The molecule has 0 bridgehead atoms. The van der Waals surface area contributed by atoms with Gasteiger partial charge in [-0.15, -0.1) is 0 Å². The Labute approximate surface area is 176 Å². The number of sulfone groups is 1. The van der Waals surface area contributed by atoms with E-state index in [2.05, 4.69) is 0 Å². The normalized spacial score (nSPS) is 19.2. The fourth-order valence-electron chi connectivity index (χ4n) is 3.46. The van der Waals surface area contributed by atoms with E-state index < -0.39 is 15.9 Å². The molecular weight excluding hydrogens is 414 g/mol. The van der Waals surface area contributed by atoms with Crippen molar-refractivity contribution in [1.82, 2.24) is 4.90 Å². The highest BCUT2D eigenvalue weighted by atomic mass is 35.5. The number of hydrogen-bond donors (Lipinski definition) is 1. The number of hydrogen-bond acceptors (Lipinski definition) is 6. The molecule has 0 radical (unpaired) electrons. The van der Waals surface area contributed by atoms with Crippen LogP contribution in [0, 0.1) is 0 Å². The summed E-state index contributed by atoms with van der Waals surface area (Å²) in [6.07, 6.45) is -0.198. The first-order chi connectivity index (χ1) is 13.8. The van der Waals surface area contributed by atoms with E-state index in [1.165, 1.54) is 0 Å². The number of ether oxygens (including phenoxy) is 2. The Hall–Kier alpha value is -1.80. The molecule has 0 aromatic heterocycles. The molecule has 1 fully saturated rings. The van der Waals surface area contributed by atoms with Gasteiger partial charge < -0.3 is 14.6 Å². The largest absolute Gasteiger partial charge is 0.497 e. The zero-order valence-corrected chi connectivity index (χ0v) is 17.9. The average Bonchev–Trinajstić information content (AvgIpc) is 3.07. The van der Waals surface area contributed by atoms with Crippen LogP contribution >= 0.6 is 11.6 Å². The molecule has 158 valence electrons. The van der Waals surface area contributed by atoms with Crippen LogP contribution in [0.5, 0.6) is 11.5 Å². The lowest BCUT2D eigenvalue weighted by atomic mass is 10.1. The van der Waals surface area contributed by atoms with Crippen molar-refractivity contribution in [2.45, 2.75) is 25.1 Å². The summed E-state index contributed by atoms with van der Waals surface area (Å²) in [6, 6.07) is 14.5. The first-order valence-electron chi connectivity index (χ1n) is 9.48. The molecule has 0 unspecified atom stereocenters. The Morgan fingerprint density at radius 3 is 2.62 bits per heavy atom.